The average molecular weight is 397 g/mol. The molecule has 152 valence electrons. The van der Waals surface area contributed by atoms with E-state index in [0.29, 0.717) is 17.2 Å². The van der Waals surface area contributed by atoms with Crippen LogP contribution in [0.4, 0.5) is 5.69 Å². The summed E-state index contributed by atoms with van der Waals surface area (Å²) in [7, 11) is 0. The maximum Gasteiger partial charge on any atom is 0.279 e. The summed E-state index contributed by atoms with van der Waals surface area (Å²) in [4.78, 5) is 36.4. The molecular formula is C21H23N3O5. The molecule has 0 aromatic heterocycles. The summed E-state index contributed by atoms with van der Waals surface area (Å²) >= 11 is 0. The van der Waals surface area contributed by atoms with Gasteiger partial charge < -0.3 is 14.8 Å². The number of hydrogen-bond acceptors (Lipinski definition) is 5. The van der Waals surface area contributed by atoms with Crippen molar-refractivity contribution in [3.05, 3.63) is 53.6 Å². The van der Waals surface area contributed by atoms with Gasteiger partial charge in [-0.15, -0.1) is 0 Å². The number of aryl methyl sites for hydroxylation is 1. The fraction of sp³-hybridized carbons (Fsp3) is 0.286. The van der Waals surface area contributed by atoms with Gasteiger partial charge in [-0.25, -0.2) is 0 Å². The number of amides is 3. The Morgan fingerprint density at radius 1 is 1.14 bits per heavy atom. The summed E-state index contributed by atoms with van der Waals surface area (Å²) in [5.74, 6) is -0.401. The number of hydrogen-bond donors (Lipinski definition) is 3. The van der Waals surface area contributed by atoms with Crippen molar-refractivity contribution in [2.24, 2.45) is 0 Å². The highest BCUT2D eigenvalue weighted by atomic mass is 16.5. The minimum atomic E-state index is -0.981. The predicted molar refractivity (Wildman–Crippen MR) is 106 cm³/mol. The molecule has 0 unspecified atom stereocenters. The maximum atomic E-state index is 12.2. The van der Waals surface area contributed by atoms with E-state index >= 15 is 0 Å². The normalized spacial score (nSPS) is 16.0. The van der Waals surface area contributed by atoms with Crippen LogP contribution in [0.1, 0.15) is 24.5 Å². The van der Waals surface area contributed by atoms with Gasteiger partial charge in [0.15, 0.2) is 12.2 Å². The zero-order valence-corrected chi connectivity index (χ0v) is 16.4. The smallest absolute Gasteiger partial charge is 0.279 e. The molecule has 1 aliphatic rings. The van der Waals surface area contributed by atoms with Crippen LogP contribution in [-0.4, -0.2) is 29.9 Å². The predicted octanol–water partition coefficient (Wildman–Crippen LogP) is 2.01. The summed E-state index contributed by atoms with van der Waals surface area (Å²) in [5, 5.41) is 2.68. The monoisotopic (exact) mass is 397 g/mol. The Morgan fingerprint density at radius 3 is 2.69 bits per heavy atom. The molecule has 1 aliphatic heterocycles. The van der Waals surface area contributed by atoms with E-state index in [1.807, 2.05) is 26.0 Å². The van der Waals surface area contributed by atoms with E-state index in [1.165, 1.54) is 0 Å². The number of para-hydroxylation sites is 2. The van der Waals surface area contributed by atoms with E-state index in [0.717, 1.165) is 11.1 Å². The molecule has 2 aromatic carbocycles. The topological polar surface area (TPSA) is 106 Å². The molecule has 0 bridgehead atoms. The first-order valence-corrected chi connectivity index (χ1v) is 9.23. The molecule has 0 saturated carbocycles. The zero-order chi connectivity index (χ0) is 21.0. The molecule has 0 aliphatic carbocycles. The lowest BCUT2D eigenvalue weighted by Gasteiger charge is -2.25. The van der Waals surface area contributed by atoms with Crippen LogP contribution in [0.3, 0.4) is 0 Å². The van der Waals surface area contributed by atoms with E-state index in [9.17, 15) is 14.4 Å². The quantitative estimate of drug-likeness (QED) is 0.670. The first kappa shape index (κ1) is 20.2. The second-order valence-electron chi connectivity index (χ2n) is 6.79. The van der Waals surface area contributed by atoms with Crippen molar-refractivity contribution >= 4 is 23.4 Å². The molecule has 0 fully saturated rings. The standard InChI is InChI=1S/C21H23N3O5/c1-12-7-6-10-16(13(12)2)28-14(3)20(26)24-23-19(25)11-18-21(27)22-15-8-4-5-9-17(15)29-18/h4-10,14,18H,11H2,1-3H3,(H,22,27)(H,23,25)(H,24,26)/t14-,18-/m0/s1. The van der Waals surface area contributed by atoms with Gasteiger partial charge in [0, 0.05) is 0 Å². The lowest BCUT2D eigenvalue weighted by Crippen LogP contribution is -2.49. The minimum absolute atomic E-state index is 0.243. The van der Waals surface area contributed by atoms with Crippen molar-refractivity contribution in [2.45, 2.75) is 39.4 Å². The molecule has 0 saturated heterocycles. The van der Waals surface area contributed by atoms with E-state index in [-0.39, 0.29) is 6.42 Å². The average Bonchev–Trinajstić information content (AvgIpc) is 2.70. The second-order valence-corrected chi connectivity index (χ2v) is 6.79. The summed E-state index contributed by atoms with van der Waals surface area (Å²) in [5.41, 5.74) is 7.15. The van der Waals surface area contributed by atoms with Gasteiger partial charge in [-0.2, -0.15) is 0 Å². The van der Waals surface area contributed by atoms with Gasteiger partial charge in [0.2, 0.25) is 5.91 Å². The molecule has 2 aromatic rings. The Kier molecular flexibility index (Phi) is 6.01. The third-order valence-electron chi connectivity index (χ3n) is 4.63. The highest BCUT2D eigenvalue weighted by Crippen LogP contribution is 2.29. The Balaban J connectivity index is 1.49. The third kappa shape index (κ3) is 4.84. The Labute approximate surface area is 168 Å². The van der Waals surface area contributed by atoms with E-state index < -0.39 is 29.9 Å². The number of fused-ring (bicyclic) bond motifs is 1. The van der Waals surface area contributed by atoms with Crippen molar-refractivity contribution in [3.63, 3.8) is 0 Å². The maximum absolute atomic E-state index is 12.2. The molecule has 8 heteroatoms. The van der Waals surface area contributed by atoms with Gasteiger partial charge in [-0.05, 0) is 50.1 Å². The number of anilines is 1. The molecule has 3 rings (SSSR count). The summed E-state index contributed by atoms with van der Waals surface area (Å²) in [6.07, 6.45) is -2.05. The van der Waals surface area contributed by atoms with Gasteiger partial charge in [-0.3, -0.25) is 25.2 Å². The zero-order valence-electron chi connectivity index (χ0n) is 16.4. The van der Waals surface area contributed by atoms with Crippen LogP contribution in [-0.2, 0) is 14.4 Å². The van der Waals surface area contributed by atoms with Gasteiger partial charge in [-0.1, -0.05) is 24.3 Å². The fourth-order valence-electron chi connectivity index (χ4n) is 2.78. The second kappa shape index (κ2) is 8.64. The molecule has 29 heavy (non-hydrogen) atoms. The number of carbonyl (C=O) groups excluding carboxylic acids is 3. The third-order valence-corrected chi connectivity index (χ3v) is 4.63. The van der Waals surface area contributed by atoms with Crippen molar-refractivity contribution in [2.75, 3.05) is 5.32 Å². The highest BCUT2D eigenvalue weighted by molar-refractivity contribution is 6.00. The van der Waals surface area contributed by atoms with Crippen LogP contribution < -0.4 is 25.6 Å². The van der Waals surface area contributed by atoms with E-state index in [1.54, 1.807) is 37.3 Å². The number of hydrazine groups is 1. The summed E-state index contributed by atoms with van der Waals surface area (Å²) in [6, 6.07) is 12.5. The lowest BCUT2D eigenvalue weighted by molar-refractivity contribution is -0.135. The molecule has 0 spiro atoms. The van der Waals surface area contributed by atoms with Crippen molar-refractivity contribution in [3.8, 4) is 11.5 Å². The minimum Gasteiger partial charge on any atom is -0.481 e. The number of rotatable bonds is 5. The molecule has 3 amide bonds. The van der Waals surface area contributed by atoms with Crippen LogP contribution >= 0.6 is 0 Å². The van der Waals surface area contributed by atoms with Crippen molar-refractivity contribution in [1.82, 2.24) is 10.9 Å². The summed E-state index contributed by atoms with van der Waals surface area (Å²) < 4.78 is 11.2. The van der Waals surface area contributed by atoms with Gasteiger partial charge in [0.25, 0.3) is 11.8 Å². The van der Waals surface area contributed by atoms with Crippen LogP contribution in [0, 0.1) is 13.8 Å². The Hall–Kier alpha value is -3.55. The molecule has 3 N–H and O–H groups in total. The largest absolute Gasteiger partial charge is 0.481 e. The molecule has 8 nitrogen and oxygen atoms in total. The van der Waals surface area contributed by atoms with Gasteiger partial charge in [0.05, 0.1) is 12.1 Å². The number of benzene rings is 2. The van der Waals surface area contributed by atoms with Crippen LogP contribution in [0.15, 0.2) is 42.5 Å². The fourth-order valence-corrected chi connectivity index (χ4v) is 2.78. The molecule has 2 atom stereocenters. The lowest BCUT2D eigenvalue weighted by atomic mass is 10.1. The first-order valence-electron chi connectivity index (χ1n) is 9.23. The Bertz CT molecular complexity index is 944. The number of carbonyl (C=O) groups is 3. The molecule has 1 heterocycles. The SMILES string of the molecule is Cc1cccc(O[C@@H](C)C(=O)NNC(=O)C[C@@H]2Oc3ccccc3NC2=O)c1C. The van der Waals surface area contributed by atoms with Crippen LogP contribution in [0.25, 0.3) is 0 Å². The highest BCUT2D eigenvalue weighted by Gasteiger charge is 2.29. The van der Waals surface area contributed by atoms with Crippen molar-refractivity contribution < 1.29 is 23.9 Å². The number of ether oxygens (including phenoxy) is 2. The van der Waals surface area contributed by atoms with E-state index in [2.05, 4.69) is 16.2 Å². The number of nitrogens with one attached hydrogen (secondary N) is 3. The molecule has 0 radical (unpaired) electrons. The van der Waals surface area contributed by atoms with Gasteiger partial charge >= 0.3 is 0 Å². The Morgan fingerprint density at radius 2 is 1.90 bits per heavy atom. The molecular weight excluding hydrogens is 374 g/mol. The van der Waals surface area contributed by atoms with Crippen LogP contribution in [0.5, 0.6) is 11.5 Å². The van der Waals surface area contributed by atoms with Gasteiger partial charge in [0.1, 0.15) is 11.5 Å². The van der Waals surface area contributed by atoms with E-state index in [4.69, 9.17) is 9.47 Å². The van der Waals surface area contributed by atoms with Crippen LogP contribution in [0.2, 0.25) is 0 Å². The first-order chi connectivity index (χ1) is 13.8. The van der Waals surface area contributed by atoms with Crippen molar-refractivity contribution in [1.29, 1.82) is 0 Å². The summed E-state index contributed by atoms with van der Waals surface area (Å²) in [6.45, 7) is 5.44.